The van der Waals surface area contributed by atoms with Crippen LogP contribution in [0.25, 0.3) is 0 Å². The van der Waals surface area contributed by atoms with E-state index in [1.807, 2.05) is 18.2 Å². The fraction of sp³-hybridized carbons (Fsp3) is 0.484. The lowest BCUT2D eigenvalue weighted by molar-refractivity contribution is -0.177. The van der Waals surface area contributed by atoms with Crippen molar-refractivity contribution in [2.45, 2.75) is 70.6 Å². The minimum atomic E-state index is -2.00. The third-order valence-corrected chi connectivity index (χ3v) is 7.02. The van der Waals surface area contributed by atoms with Crippen LogP contribution in [-0.4, -0.2) is 98.4 Å². The summed E-state index contributed by atoms with van der Waals surface area (Å²) >= 11 is 0. The zero-order chi connectivity index (χ0) is 32.6. The van der Waals surface area contributed by atoms with Gasteiger partial charge >= 0.3 is 5.97 Å². The monoisotopic (exact) mass is 617 g/mol. The first-order valence-corrected chi connectivity index (χ1v) is 14.5. The minimum absolute atomic E-state index is 0.0727. The number of benzene rings is 2. The smallest absolute Gasteiger partial charge is 0.308 e. The van der Waals surface area contributed by atoms with Gasteiger partial charge in [0, 0.05) is 44.2 Å². The van der Waals surface area contributed by atoms with Gasteiger partial charge in [0.15, 0.2) is 0 Å². The summed E-state index contributed by atoms with van der Waals surface area (Å²) < 4.78 is 5.16. The molecule has 2 aromatic rings. The Kier molecular flexibility index (Phi) is 15.3. The molecule has 0 saturated carbocycles. The molecule has 44 heavy (non-hydrogen) atoms. The molecule has 0 aromatic heterocycles. The number of rotatable bonds is 19. The molecule has 7 N–H and O–H groups in total. The Labute approximate surface area is 256 Å². The number of anilines is 1. The number of nitrogens with zero attached hydrogens (tertiary/aromatic N) is 1. The zero-order valence-corrected chi connectivity index (χ0v) is 25.0. The maximum atomic E-state index is 12.5. The first-order chi connectivity index (χ1) is 20.9. The van der Waals surface area contributed by atoms with E-state index in [-0.39, 0.29) is 36.4 Å². The zero-order valence-electron chi connectivity index (χ0n) is 25.0. The molecule has 0 spiro atoms. The van der Waals surface area contributed by atoms with Crippen LogP contribution in [0.5, 0.6) is 5.75 Å². The lowest BCUT2D eigenvalue weighted by Gasteiger charge is -2.28. The van der Waals surface area contributed by atoms with Crippen molar-refractivity contribution in [2.24, 2.45) is 5.92 Å². The van der Waals surface area contributed by atoms with Crippen LogP contribution >= 0.6 is 0 Å². The summed E-state index contributed by atoms with van der Waals surface area (Å²) in [4.78, 5) is 49.1. The molecule has 13 nitrogen and oxygen atoms in total. The summed E-state index contributed by atoms with van der Waals surface area (Å²) in [6.45, 7) is 3.92. The standard InChI is InChI=1S/C31H43N3O10/c1-20(30(41)42)26(37)27(38)28(39)31(43)44-24-14-12-23(13-15-24)33-25(36)16-19-34(21(2)35)18-9-4-3-8-17-32-29(40)22-10-6-5-7-11-22/h5-7,10-15,20,26-28,31,37-39,43H,3-4,8-9,16-19H2,1-2H3,(H,32,40)(H,33,36)(H,41,42). The van der Waals surface area contributed by atoms with Crippen molar-refractivity contribution in [1.29, 1.82) is 0 Å². The molecule has 2 rings (SSSR count). The van der Waals surface area contributed by atoms with Gasteiger partial charge < -0.3 is 45.8 Å². The first kappa shape index (κ1) is 36.2. The van der Waals surface area contributed by atoms with Crippen molar-refractivity contribution in [1.82, 2.24) is 10.2 Å². The number of aliphatic hydroxyl groups excluding tert-OH is 4. The van der Waals surface area contributed by atoms with Gasteiger partial charge in [0.05, 0.1) is 12.0 Å². The Bertz CT molecular complexity index is 1190. The van der Waals surface area contributed by atoms with E-state index in [1.165, 1.54) is 31.2 Å². The molecule has 3 amide bonds. The predicted molar refractivity (Wildman–Crippen MR) is 161 cm³/mol. The second-order valence-electron chi connectivity index (χ2n) is 10.5. The normalized spacial score (nSPS) is 14.4. The second kappa shape index (κ2) is 18.6. The van der Waals surface area contributed by atoms with Crippen molar-refractivity contribution >= 4 is 29.4 Å². The van der Waals surface area contributed by atoms with E-state index in [0.717, 1.165) is 32.6 Å². The maximum absolute atomic E-state index is 12.5. The van der Waals surface area contributed by atoms with Gasteiger partial charge in [-0.1, -0.05) is 31.0 Å². The molecule has 0 bridgehead atoms. The molecular formula is C31H43N3O10. The molecule has 5 atom stereocenters. The van der Waals surface area contributed by atoms with Gasteiger partial charge in [-0.05, 0) is 56.2 Å². The fourth-order valence-electron chi connectivity index (χ4n) is 4.20. The van der Waals surface area contributed by atoms with Gasteiger partial charge in [-0.25, -0.2) is 0 Å². The molecule has 242 valence electrons. The quantitative estimate of drug-likeness (QED) is 0.0890. The number of carbonyl (C=O) groups excluding carboxylic acids is 3. The minimum Gasteiger partial charge on any atom is -0.481 e. The number of ether oxygens (including phenoxy) is 1. The van der Waals surface area contributed by atoms with Crippen molar-refractivity contribution in [3.63, 3.8) is 0 Å². The second-order valence-corrected chi connectivity index (χ2v) is 10.5. The fourth-order valence-corrected chi connectivity index (χ4v) is 4.20. The summed E-state index contributed by atoms with van der Waals surface area (Å²) in [6, 6.07) is 14.7. The van der Waals surface area contributed by atoms with Crippen molar-refractivity contribution in [3.05, 3.63) is 60.2 Å². The van der Waals surface area contributed by atoms with Crippen LogP contribution in [-0.2, 0) is 14.4 Å². The van der Waals surface area contributed by atoms with Crippen LogP contribution in [0, 0.1) is 5.92 Å². The van der Waals surface area contributed by atoms with E-state index < -0.39 is 36.5 Å². The van der Waals surface area contributed by atoms with Gasteiger partial charge in [0.2, 0.25) is 18.1 Å². The number of carbonyl (C=O) groups is 4. The van der Waals surface area contributed by atoms with Gasteiger partial charge in [-0.2, -0.15) is 0 Å². The Balaban J connectivity index is 1.69. The predicted octanol–water partition coefficient (Wildman–Crippen LogP) is 1.35. The van der Waals surface area contributed by atoms with E-state index in [2.05, 4.69) is 10.6 Å². The highest BCUT2D eigenvalue weighted by molar-refractivity contribution is 5.94. The van der Waals surface area contributed by atoms with Gasteiger partial charge in [-0.3, -0.25) is 19.2 Å². The van der Waals surface area contributed by atoms with Gasteiger partial charge in [0.1, 0.15) is 18.0 Å². The highest BCUT2D eigenvalue weighted by atomic mass is 16.6. The molecule has 0 saturated heterocycles. The van der Waals surface area contributed by atoms with E-state index >= 15 is 0 Å². The number of unbranched alkanes of at least 4 members (excludes halogenated alkanes) is 3. The van der Waals surface area contributed by atoms with Crippen LogP contribution in [0.1, 0.15) is 56.3 Å². The highest BCUT2D eigenvalue weighted by Crippen LogP contribution is 2.20. The molecular weight excluding hydrogens is 574 g/mol. The van der Waals surface area contributed by atoms with Crippen molar-refractivity contribution in [2.75, 3.05) is 25.0 Å². The molecule has 0 fully saturated rings. The first-order valence-electron chi connectivity index (χ1n) is 14.5. The van der Waals surface area contributed by atoms with Crippen LogP contribution in [0.15, 0.2) is 54.6 Å². The number of aliphatic hydroxyl groups is 4. The number of aliphatic carboxylic acids is 1. The van der Waals surface area contributed by atoms with Crippen LogP contribution in [0.2, 0.25) is 0 Å². The highest BCUT2D eigenvalue weighted by Gasteiger charge is 2.36. The number of hydrogen-bond acceptors (Lipinski definition) is 9. The molecule has 0 radical (unpaired) electrons. The Morgan fingerprint density at radius 3 is 2.07 bits per heavy atom. The SMILES string of the molecule is CC(=O)N(CCCCCCNC(=O)c1ccccc1)CCC(=O)Nc1ccc(OC(O)C(O)C(O)C(O)C(C)C(=O)O)cc1. The third kappa shape index (κ3) is 12.3. The van der Waals surface area contributed by atoms with E-state index in [4.69, 9.17) is 9.84 Å². The van der Waals surface area contributed by atoms with E-state index in [1.54, 1.807) is 17.0 Å². The van der Waals surface area contributed by atoms with E-state index in [9.17, 15) is 39.6 Å². The van der Waals surface area contributed by atoms with Gasteiger partial charge in [-0.15, -0.1) is 0 Å². The summed E-state index contributed by atoms with van der Waals surface area (Å²) in [6.07, 6.45) is -4.37. The van der Waals surface area contributed by atoms with Crippen LogP contribution in [0.3, 0.4) is 0 Å². The molecule has 0 aliphatic carbocycles. The summed E-state index contributed by atoms with van der Waals surface area (Å²) in [5.41, 5.74) is 1.04. The number of nitrogens with one attached hydrogen (secondary N) is 2. The number of amides is 3. The maximum Gasteiger partial charge on any atom is 0.308 e. The lowest BCUT2D eigenvalue weighted by atomic mass is 9.96. The average Bonchev–Trinajstić information content (AvgIpc) is 3.01. The van der Waals surface area contributed by atoms with Crippen LogP contribution < -0.4 is 15.4 Å². The summed E-state index contributed by atoms with van der Waals surface area (Å²) in [5.74, 6) is -3.27. The topological polar surface area (TPSA) is 206 Å². The Hall–Kier alpha value is -4.04. The molecule has 5 unspecified atom stereocenters. The third-order valence-electron chi connectivity index (χ3n) is 7.02. The number of carboxylic acids is 1. The van der Waals surface area contributed by atoms with Crippen molar-refractivity contribution < 1.29 is 49.4 Å². The summed E-state index contributed by atoms with van der Waals surface area (Å²) in [7, 11) is 0. The van der Waals surface area contributed by atoms with E-state index in [0.29, 0.717) is 24.3 Å². The van der Waals surface area contributed by atoms with Gasteiger partial charge in [0.25, 0.3) is 5.91 Å². The lowest BCUT2D eigenvalue weighted by Crippen LogP contribution is -2.49. The van der Waals surface area contributed by atoms with Crippen molar-refractivity contribution in [3.8, 4) is 5.75 Å². The molecule has 2 aromatic carbocycles. The number of carboxylic acid groups (broad SMARTS) is 1. The average molecular weight is 618 g/mol. The molecule has 13 heteroatoms. The molecule has 0 heterocycles. The summed E-state index contributed by atoms with van der Waals surface area (Å²) in [5, 5.41) is 54.5. The number of hydrogen-bond donors (Lipinski definition) is 7. The molecule has 0 aliphatic heterocycles. The molecule has 0 aliphatic rings. The Morgan fingerprint density at radius 2 is 1.45 bits per heavy atom. The van der Waals surface area contributed by atoms with Crippen LogP contribution in [0.4, 0.5) is 5.69 Å². The largest absolute Gasteiger partial charge is 0.481 e. The Morgan fingerprint density at radius 1 is 0.818 bits per heavy atom.